The predicted molar refractivity (Wildman–Crippen MR) is 71.6 cm³/mol. The normalized spacial score (nSPS) is 28.5. The minimum Gasteiger partial charge on any atom is -0.348 e. The molecule has 0 aromatic carbocycles. The van der Waals surface area contributed by atoms with E-state index in [4.69, 9.17) is 9.47 Å². The van der Waals surface area contributed by atoms with Crippen LogP contribution < -0.4 is 0 Å². The van der Waals surface area contributed by atoms with Crippen molar-refractivity contribution in [3.63, 3.8) is 0 Å². The van der Waals surface area contributed by atoms with E-state index in [2.05, 4.69) is 4.90 Å². The van der Waals surface area contributed by atoms with Crippen molar-refractivity contribution in [3.05, 3.63) is 0 Å². The fourth-order valence-corrected chi connectivity index (χ4v) is 3.64. The molecule has 2 saturated heterocycles. The summed E-state index contributed by atoms with van der Waals surface area (Å²) >= 11 is 0. The van der Waals surface area contributed by atoms with E-state index in [0.29, 0.717) is 19.1 Å². The van der Waals surface area contributed by atoms with Crippen LogP contribution in [-0.4, -0.2) is 42.9 Å². The van der Waals surface area contributed by atoms with Gasteiger partial charge in [-0.1, -0.05) is 12.8 Å². The quantitative estimate of drug-likeness (QED) is 0.732. The third-order valence-electron chi connectivity index (χ3n) is 4.83. The number of hydrogen-bond acceptors (Lipinski definition) is 3. The summed E-state index contributed by atoms with van der Waals surface area (Å²) in [5, 5.41) is 0. The topological polar surface area (TPSA) is 38.8 Å². The highest BCUT2D eigenvalue weighted by atomic mass is 16.7. The van der Waals surface area contributed by atoms with Gasteiger partial charge in [0.05, 0.1) is 13.2 Å². The van der Waals surface area contributed by atoms with Crippen LogP contribution in [0.25, 0.3) is 0 Å². The largest absolute Gasteiger partial charge is 0.348 e. The molecule has 0 unspecified atom stereocenters. The average Bonchev–Trinajstić information content (AvgIpc) is 2.73. The Balaban J connectivity index is 1.53. The zero-order chi connectivity index (χ0) is 13.1. The maximum Gasteiger partial charge on any atom is 0.225 e. The second kappa shape index (κ2) is 5.80. The smallest absolute Gasteiger partial charge is 0.225 e. The number of hydrogen-bond donors (Lipinski definition) is 0. The molecule has 1 spiro atoms. The van der Waals surface area contributed by atoms with Gasteiger partial charge in [0.1, 0.15) is 0 Å². The summed E-state index contributed by atoms with van der Waals surface area (Å²) < 4.78 is 11.5. The average molecular weight is 267 g/mol. The number of ether oxygens (including phenoxy) is 2. The van der Waals surface area contributed by atoms with Crippen LogP contribution in [0.4, 0.5) is 0 Å². The Hall–Kier alpha value is -0.610. The van der Waals surface area contributed by atoms with Gasteiger partial charge in [-0.25, -0.2) is 0 Å². The van der Waals surface area contributed by atoms with E-state index in [1.165, 1.54) is 25.7 Å². The Labute approximate surface area is 115 Å². The van der Waals surface area contributed by atoms with Crippen LogP contribution in [0.1, 0.15) is 51.4 Å². The minimum absolute atomic E-state index is 0.205. The Kier molecular flexibility index (Phi) is 4.08. The van der Waals surface area contributed by atoms with Crippen LogP contribution in [0.2, 0.25) is 0 Å². The summed E-state index contributed by atoms with van der Waals surface area (Å²) in [6.07, 6.45) is 8.53. The van der Waals surface area contributed by atoms with E-state index in [0.717, 1.165) is 38.8 Å². The van der Waals surface area contributed by atoms with Crippen molar-refractivity contribution in [2.45, 2.75) is 57.2 Å². The van der Waals surface area contributed by atoms with Crippen molar-refractivity contribution >= 4 is 5.91 Å². The van der Waals surface area contributed by atoms with Gasteiger partial charge in [-0.15, -0.1) is 0 Å². The molecule has 108 valence electrons. The summed E-state index contributed by atoms with van der Waals surface area (Å²) in [6.45, 7) is 3.36. The van der Waals surface area contributed by atoms with Gasteiger partial charge in [0, 0.05) is 31.8 Å². The zero-order valence-electron chi connectivity index (χ0n) is 11.7. The zero-order valence-corrected chi connectivity index (χ0v) is 11.7. The number of carbonyl (C=O) groups excluding carboxylic acids is 1. The number of likely N-dealkylation sites (tertiary alicyclic amines) is 1. The molecule has 0 bridgehead atoms. The van der Waals surface area contributed by atoms with Crippen LogP contribution in [0.15, 0.2) is 0 Å². The van der Waals surface area contributed by atoms with Crippen molar-refractivity contribution in [1.29, 1.82) is 0 Å². The Morgan fingerprint density at radius 3 is 2.11 bits per heavy atom. The standard InChI is InChI=1S/C15H25NO3/c17-14(16-9-3-1-2-4-10-16)13-5-7-15(8-6-13)18-11-12-19-15/h13H,1-12H2. The lowest BCUT2D eigenvalue weighted by molar-refractivity contribution is -0.185. The van der Waals surface area contributed by atoms with Crippen molar-refractivity contribution in [2.75, 3.05) is 26.3 Å². The molecule has 0 N–H and O–H groups in total. The van der Waals surface area contributed by atoms with Crippen molar-refractivity contribution in [1.82, 2.24) is 4.90 Å². The van der Waals surface area contributed by atoms with E-state index in [-0.39, 0.29) is 11.7 Å². The predicted octanol–water partition coefficient (Wildman–Crippen LogP) is 2.32. The van der Waals surface area contributed by atoms with Gasteiger partial charge in [-0.3, -0.25) is 4.79 Å². The van der Waals surface area contributed by atoms with Gasteiger partial charge in [0.15, 0.2) is 5.79 Å². The van der Waals surface area contributed by atoms with Gasteiger partial charge in [-0.2, -0.15) is 0 Å². The van der Waals surface area contributed by atoms with Crippen molar-refractivity contribution in [3.8, 4) is 0 Å². The third-order valence-corrected chi connectivity index (χ3v) is 4.83. The highest BCUT2D eigenvalue weighted by molar-refractivity contribution is 5.79. The Morgan fingerprint density at radius 2 is 1.53 bits per heavy atom. The highest BCUT2D eigenvalue weighted by Gasteiger charge is 2.42. The first-order chi connectivity index (χ1) is 9.29. The highest BCUT2D eigenvalue weighted by Crippen LogP contribution is 2.39. The van der Waals surface area contributed by atoms with E-state index in [9.17, 15) is 4.79 Å². The molecule has 0 radical (unpaired) electrons. The summed E-state index contributed by atoms with van der Waals surface area (Å²) in [6, 6.07) is 0. The fraction of sp³-hybridized carbons (Fsp3) is 0.933. The van der Waals surface area contributed by atoms with Gasteiger partial charge < -0.3 is 14.4 Å². The molecular weight excluding hydrogens is 242 g/mol. The molecule has 4 heteroatoms. The Morgan fingerprint density at radius 1 is 0.947 bits per heavy atom. The third kappa shape index (κ3) is 2.95. The van der Waals surface area contributed by atoms with Crippen LogP contribution in [0.3, 0.4) is 0 Å². The van der Waals surface area contributed by atoms with Crippen LogP contribution in [0, 0.1) is 5.92 Å². The summed E-state index contributed by atoms with van der Waals surface area (Å²) in [5.41, 5.74) is 0. The number of carbonyl (C=O) groups is 1. The molecule has 1 saturated carbocycles. The lowest BCUT2D eigenvalue weighted by Crippen LogP contribution is -2.42. The lowest BCUT2D eigenvalue weighted by Gasteiger charge is -2.36. The SMILES string of the molecule is O=C(C1CCC2(CC1)OCCO2)N1CCCCCC1. The maximum absolute atomic E-state index is 12.6. The van der Waals surface area contributed by atoms with Gasteiger partial charge in [0.2, 0.25) is 5.91 Å². The van der Waals surface area contributed by atoms with Crippen molar-refractivity contribution in [2.24, 2.45) is 5.92 Å². The van der Waals surface area contributed by atoms with E-state index in [1.54, 1.807) is 0 Å². The molecule has 1 amide bonds. The molecule has 4 nitrogen and oxygen atoms in total. The number of nitrogens with zero attached hydrogens (tertiary/aromatic N) is 1. The molecule has 0 aromatic heterocycles. The van der Waals surface area contributed by atoms with E-state index < -0.39 is 0 Å². The second-order valence-corrected chi connectivity index (χ2v) is 6.12. The molecule has 19 heavy (non-hydrogen) atoms. The maximum atomic E-state index is 12.6. The summed E-state index contributed by atoms with van der Waals surface area (Å²) in [7, 11) is 0. The first-order valence-electron chi connectivity index (χ1n) is 7.86. The molecular formula is C15H25NO3. The van der Waals surface area contributed by atoms with Gasteiger partial charge in [-0.05, 0) is 25.7 Å². The monoisotopic (exact) mass is 267 g/mol. The van der Waals surface area contributed by atoms with Crippen LogP contribution >= 0.6 is 0 Å². The minimum atomic E-state index is -0.338. The van der Waals surface area contributed by atoms with Crippen LogP contribution in [-0.2, 0) is 14.3 Å². The lowest BCUT2D eigenvalue weighted by atomic mass is 9.84. The number of amides is 1. The van der Waals surface area contributed by atoms with Gasteiger partial charge >= 0.3 is 0 Å². The Bertz CT molecular complexity index is 307. The molecule has 1 aliphatic carbocycles. The summed E-state index contributed by atoms with van der Waals surface area (Å²) in [5.74, 6) is 0.251. The summed E-state index contributed by atoms with van der Waals surface area (Å²) in [4.78, 5) is 14.7. The van der Waals surface area contributed by atoms with Crippen LogP contribution in [0.5, 0.6) is 0 Å². The van der Waals surface area contributed by atoms with E-state index >= 15 is 0 Å². The first kappa shape index (κ1) is 13.4. The van der Waals surface area contributed by atoms with E-state index in [1.807, 2.05) is 0 Å². The molecule has 0 atom stereocenters. The molecule has 2 heterocycles. The number of rotatable bonds is 1. The first-order valence-corrected chi connectivity index (χ1v) is 7.86. The van der Waals surface area contributed by atoms with Gasteiger partial charge in [0.25, 0.3) is 0 Å². The second-order valence-electron chi connectivity index (χ2n) is 6.12. The fourth-order valence-electron chi connectivity index (χ4n) is 3.64. The molecule has 3 fully saturated rings. The molecule has 0 aromatic rings. The molecule has 3 rings (SSSR count). The van der Waals surface area contributed by atoms with Crippen molar-refractivity contribution < 1.29 is 14.3 Å². The molecule has 3 aliphatic rings. The molecule has 2 aliphatic heterocycles.